The Morgan fingerprint density at radius 3 is 3.14 bits per heavy atom. The van der Waals surface area contributed by atoms with E-state index in [1.165, 1.54) is 0 Å². The van der Waals surface area contributed by atoms with Crippen molar-refractivity contribution >= 4 is 28.3 Å². The molecule has 0 spiro atoms. The van der Waals surface area contributed by atoms with Gasteiger partial charge in [0.1, 0.15) is 12.1 Å². The van der Waals surface area contributed by atoms with Gasteiger partial charge in [-0.3, -0.25) is 0 Å². The fraction of sp³-hybridized carbons (Fsp3) is 0.467. The first kappa shape index (κ1) is 14.5. The zero-order chi connectivity index (χ0) is 14.8. The van der Waals surface area contributed by atoms with E-state index in [2.05, 4.69) is 14.9 Å². The molecule has 2 aromatic rings. The highest BCUT2D eigenvalue weighted by Gasteiger charge is 2.26. The summed E-state index contributed by atoms with van der Waals surface area (Å²) >= 11 is 6.03. The lowest BCUT2D eigenvalue weighted by atomic mass is 10.1. The summed E-state index contributed by atoms with van der Waals surface area (Å²) in [7, 11) is 0. The quantitative estimate of drug-likeness (QED) is 0.942. The van der Waals surface area contributed by atoms with Gasteiger partial charge in [-0.15, -0.1) is 0 Å². The largest absolute Gasteiger partial charge is 0.393 e. The van der Waals surface area contributed by atoms with Crippen molar-refractivity contribution in [2.45, 2.75) is 25.5 Å². The van der Waals surface area contributed by atoms with Crippen molar-refractivity contribution in [1.82, 2.24) is 9.97 Å². The van der Waals surface area contributed by atoms with Crippen molar-refractivity contribution in [2.24, 2.45) is 0 Å². The fourth-order valence-electron chi connectivity index (χ4n) is 2.77. The number of nitrogens with zero attached hydrogens (tertiary/aromatic N) is 3. The number of rotatable bonds is 3. The third-order valence-electron chi connectivity index (χ3n) is 3.69. The molecule has 1 saturated heterocycles. The molecule has 1 aromatic carbocycles. The molecule has 3 rings (SSSR count). The number of hydrogen-bond acceptors (Lipinski definition) is 5. The number of hydrogen-bond donors (Lipinski definition) is 1. The Morgan fingerprint density at radius 2 is 2.33 bits per heavy atom. The Morgan fingerprint density at radius 1 is 1.48 bits per heavy atom. The van der Waals surface area contributed by atoms with Gasteiger partial charge in [-0.05, 0) is 31.5 Å². The summed E-state index contributed by atoms with van der Waals surface area (Å²) in [6, 6.07) is 5.75. The van der Waals surface area contributed by atoms with Crippen LogP contribution >= 0.6 is 11.6 Å². The molecule has 1 fully saturated rings. The van der Waals surface area contributed by atoms with Gasteiger partial charge < -0.3 is 14.7 Å². The minimum atomic E-state index is -0.373. The summed E-state index contributed by atoms with van der Waals surface area (Å²) in [4.78, 5) is 10.9. The molecule has 1 aliphatic rings. The van der Waals surface area contributed by atoms with Crippen molar-refractivity contribution in [1.29, 1.82) is 0 Å². The van der Waals surface area contributed by atoms with Crippen LogP contribution in [0.4, 0.5) is 5.82 Å². The number of fused-ring (bicyclic) bond motifs is 1. The van der Waals surface area contributed by atoms with Crippen LogP contribution in [0, 0.1) is 0 Å². The van der Waals surface area contributed by atoms with Gasteiger partial charge in [0.25, 0.3) is 0 Å². The van der Waals surface area contributed by atoms with Crippen molar-refractivity contribution < 1.29 is 9.84 Å². The van der Waals surface area contributed by atoms with Gasteiger partial charge in [0, 0.05) is 17.0 Å². The van der Waals surface area contributed by atoms with E-state index in [1.54, 1.807) is 13.3 Å². The average Bonchev–Trinajstić information content (AvgIpc) is 2.46. The molecule has 2 heterocycles. The van der Waals surface area contributed by atoms with Crippen LogP contribution in [0.2, 0.25) is 5.02 Å². The topological polar surface area (TPSA) is 58.5 Å². The molecule has 2 unspecified atom stereocenters. The smallest absolute Gasteiger partial charge is 0.140 e. The van der Waals surface area contributed by atoms with Gasteiger partial charge in [0.2, 0.25) is 0 Å². The summed E-state index contributed by atoms with van der Waals surface area (Å²) in [5.41, 5.74) is 0.829. The molecule has 112 valence electrons. The van der Waals surface area contributed by atoms with Crippen LogP contribution in [0.15, 0.2) is 24.5 Å². The van der Waals surface area contributed by atoms with Crippen molar-refractivity contribution in [2.75, 3.05) is 24.7 Å². The van der Waals surface area contributed by atoms with Crippen LogP contribution in [0.1, 0.15) is 13.3 Å². The first-order chi connectivity index (χ1) is 10.1. The lowest BCUT2D eigenvalue weighted by Crippen LogP contribution is -2.47. The molecule has 0 saturated carbocycles. The second-order valence-corrected chi connectivity index (χ2v) is 5.80. The average molecular weight is 308 g/mol. The molecule has 0 amide bonds. The second kappa shape index (κ2) is 6.13. The predicted molar refractivity (Wildman–Crippen MR) is 82.8 cm³/mol. The van der Waals surface area contributed by atoms with Crippen molar-refractivity contribution in [3.8, 4) is 0 Å². The number of halogens is 1. The molecule has 1 aliphatic heterocycles. The van der Waals surface area contributed by atoms with E-state index in [1.807, 2.05) is 18.2 Å². The maximum Gasteiger partial charge on any atom is 0.140 e. The third-order valence-corrected chi connectivity index (χ3v) is 3.93. The first-order valence-electron chi connectivity index (χ1n) is 7.08. The zero-order valence-electron chi connectivity index (χ0n) is 11.9. The molecule has 0 bridgehead atoms. The van der Waals surface area contributed by atoms with E-state index in [-0.39, 0.29) is 12.1 Å². The maximum absolute atomic E-state index is 9.69. The Bertz CT molecular complexity index is 635. The molecule has 21 heavy (non-hydrogen) atoms. The van der Waals surface area contributed by atoms with Gasteiger partial charge in [-0.1, -0.05) is 11.6 Å². The fourth-order valence-corrected chi connectivity index (χ4v) is 2.93. The van der Waals surface area contributed by atoms with E-state index in [9.17, 15) is 5.11 Å². The molecule has 1 N–H and O–H groups in total. The maximum atomic E-state index is 9.69. The van der Waals surface area contributed by atoms with Gasteiger partial charge >= 0.3 is 0 Å². The zero-order valence-corrected chi connectivity index (χ0v) is 12.6. The summed E-state index contributed by atoms with van der Waals surface area (Å²) in [5, 5.41) is 11.3. The Hall–Kier alpha value is -1.43. The molecule has 6 heteroatoms. The number of morpholine rings is 1. The second-order valence-electron chi connectivity index (χ2n) is 5.37. The summed E-state index contributed by atoms with van der Waals surface area (Å²) < 4.78 is 5.55. The van der Waals surface area contributed by atoms with Crippen molar-refractivity contribution in [3.63, 3.8) is 0 Å². The van der Waals surface area contributed by atoms with Crippen LogP contribution in [0.25, 0.3) is 10.9 Å². The van der Waals surface area contributed by atoms with Crippen LogP contribution in [-0.4, -0.2) is 47.0 Å². The van der Waals surface area contributed by atoms with Crippen LogP contribution in [0.3, 0.4) is 0 Å². The molecular weight excluding hydrogens is 290 g/mol. The molecular formula is C15H18ClN3O2. The summed E-state index contributed by atoms with van der Waals surface area (Å²) in [6.45, 7) is 3.82. The SMILES string of the molecule is CC(O)CC1COCCN1c1ncnc2cc(Cl)ccc12. The number of ether oxygens (including phenoxy) is 1. The Kier molecular flexibility index (Phi) is 4.24. The lowest BCUT2D eigenvalue weighted by Gasteiger charge is -2.37. The molecule has 2 atom stereocenters. The number of aliphatic hydroxyl groups excluding tert-OH is 1. The standard InChI is InChI=1S/C15H18ClN3O2/c1-10(20)6-12-8-21-5-4-19(12)15-13-3-2-11(16)7-14(13)17-9-18-15/h2-3,7,9-10,12,20H,4-6,8H2,1H3. The van der Waals surface area contributed by atoms with Gasteiger partial charge in [-0.2, -0.15) is 0 Å². The normalized spacial score (nSPS) is 20.7. The van der Waals surface area contributed by atoms with Crippen LogP contribution in [0.5, 0.6) is 0 Å². The number of anilines is 1. The van der Waals surface area contributed by atoms with Gasteiger partial charge in [-0.25, -0.2) is 9.97 Å². The summed E-state index contributed by atoms with van der Waals surface area (Å²) in [6.07, 6.45) is 1.84. The molecule has 0 radical (unpaired) electrons. The number of benzene rings is 1. The highest BCUT2D eigenvalue weighted by atomic mass is 35.5. The van der Waals surface area contributed by atoms with Crippen LogP contribution < -0.4 is 4.90 Å². The van der Waals surface area contributed by atoms with Gasteiger partial charge in [0.15, 0.2) is 0 Å². The molecule has 5 nitrogen and oxygen atoms in total. The minimum absolute atomic E-state index is 0.118. The highest BCUT2D eigenvalue weighted by Crippen LogP contribution is 2.28. The lowest BCUT2D eigenvalue weighted by molar-refractivity contribution is 0.0719. The van der Waals surface area contributed by atoms with Crippen LogP contribution in [-0.2, 0) is 4.74 Å². The molecule has 0 aliphatic carbocycles. The van der Waals surface area contributed by atoms with E-state index in [4.69, 9.17) is 16.3 Å². The predicted octanol–water partition coefficient (Wildman–Crippen LogP) is 2.26. The number of aliphatic hydroxyl groups is 1. The summed E-state index contributed by atoms with van der Waals surface area (Å²) in [5.74, 6) is 0.880. The Labute approximate surface area is 128 Å². The van der Waals surface area contributed by atoms with Crippen molar-refractivity contribution in [3.05, 3.63) is 29.5 Å². The highest BCUT2D eigenvalue weighted by molar-refractivity contribution is 6.31. The van der Waals surface area contributed by atoms with Gasteiger partial charge in [0.05, 0.1) is 30.9 Å². The molecule has 1 aromatic heterocycles. The minimum Gasteiger partial charge on any atom is -0.393 e. The monoisotopic (exact) mass is 307 g/mol. The first-order valence-corrected chi connectivity index (χ1v) is 7.45. The van der Waals surface area contributed by atoms with E-state index in [0.717, 1.165) is 23.3 Å². The van der Waals surface area contributed by atoms with E-state index >= 15 is 0 Å². The van der Waals surface area contributed by atoms with E-state index < -0.39 is 0 Å². The number of aromatic nitrogens is 2. The third kappa shape index (κ3) is 3.10. The Balaban J connectivity index is 2.01. The van der Waals surface area contributed by atoms with E-state index in [0.29, 0.717) is 24.7 Å².